The van der Waals surface area contributed by atoms with Crippen LogP contribution in [0, 0.1) is 35.5 Å². The molecule has 16 heteroatoms. The van der Waals surface area contributed by atoms with E-state index in [1.807, 2.05) is 58.1 Å². The van der Waals surface area contributed by atoms with E-state index in [-0.39, 0.29) is 66.8 Å². The van der Waals surface area contributed by atoms with Crippen molar-refractivity contribution in [2.24, 2.45) is 35.5 Å². The maximum Gasteiger partial charge on any atom is 0.329 e. The van der Waals surface area contributed by atoms with Gasteiger partial charge >= 0.3 is 5.97 Å². The van der Waals surface area contributed by atoms with E-state index in [0.29, 0.717) is 44.1 Å². The van der Waals surface area contributed by atoms with Crippen LogP contribution in [-0.2, 0) is 56.5 Å². The molecule has 0 spiro atoms. The smallest absolute Gasteiger partial charge is 0.329 e. The van der Waals surface area contributed by atoms with Crippen molar-refractivity contribution in [3.05, 3.63) is 47.6 Å². The van der Waals surface area contributed by atoms with Crippen molar-refractivity contribution in [1.29, 1.82) is 0 Å². The molecule has 0 radical (unpaired) electrons. The molecule has 3 heterocycles. The number of carbonyl (C=O) groups excluding carboxylic acids is 5. The van der Waals surface area contributed by atoms with Crippen LogP contribution in [0.15, 0.2) is 47.6 Å². The van der Waals surface area contributed by atoms with Gasteiger partial charge in [-0.1, -0.05) is 71.1 Å². The number of Topliss-reactive ketones (excluding diaryl/α,β-unsaturated/α-hetero) is 3. The number of rotatable bonds is 10. The van der Waals surface area contributed by atoms with Crippen LogP contribution in [0.5, 0.6) is 0 Å². The molecular weight excluding hydrogens is 951 g/mol. The summed E-state index contributed by atoms with van der Waals surface area (Å²) in [4.78, 5) is 73.1. The summed E-state index contributed by atoms with van der Waals surface area (Å²) in [7, 11) is 0.716. The fourth-order valence-corrected chi connectivity index (χ4v) is 13.3. The van der Waals surface area contributed by atoms with Crippen molar-refractivity contribution < 1.29 is 61.6 Å². The Balaban J connectivity index is 1.74. The number of aliphatic hydroxyl groups is 1. The average molecular weight is 1040 g/mol. The number of amides is 1. The quantitative estimate of drug-likeness (QED) is 0.0950. The number of methoxy groups -OCH3 is 3. The summed E-state index contributed by atoms with van der Waals surface area (Å²) in [6.45, 7) is 26.1. The van der Waals surface area contributed by atoms with Crippen molar-refractivity contribution >= 4 is 45.9 Å². The number of allylic oxidation sites excluding steroid dienone is 6. The molecule has 0 aromatic carbocycles. The van der Waals surface area contributed by atoms with Crippen LogP contribution < -0.4 is 0 Å². The lowest BCUT2D eigenvalue weighted by atomic mass is 9.78. The molecule has 0 aromatic heterocycles. The van der Waals surface area contributed by atoms with E-state index >= 15 is 0 Å². The number of esters is 1. The number of hydrogen-bond donors (Lipinski definition) is 1. The largest absolute Gasteiger partial charge is 0.460 e. The Hall–Kier alpha value is -2.94. The van der Waals surface area contributed by atoms with E-state index in [4.69, 9.17) is 32.5 Å². The predicted octanol–water partition coefficient (Wildman–Crippen LogP) is 9.51. The second-order valence-corrected chi connectivity index (χ2v) is 32.6. The fraction of sp³-hybridized carbons (Fsp3) is 0.768. The molecule has 3 fully saturated rings. The molecule has 3 aliphatic heterocycles. The van der Waals surface area contributed by atoms with E-state index < -0.39 is 88.5 Å². The number of hydrogen-bond acceptors (Lipinski definition) is 13. The van der Waals surface area contributed by atoms with Crippen molar-refractivity contribution in [2.45, 2.75) is 213 Å². The third kappa shape index (κ3) is 17.3. The van der Waals surface area contributed by atoms with Gasteiger partial charge in [0.15, 0.2) is 22.4 Å². The van der Waals surface area contributed by atoms with Crippen LogP contribution in [-0.4, -0.2) is 138 Å². The molecule has 4 aliphatic rings. The van der Waals surface area contributed by atoms with Gasteiger partial charge in [-0.25, -0.2) is 4.79 Å². The van der Waals surface area contributed by atoms with Crippen LogP contribution in [0.4, 0.5) is 0 Å². The SMILES string of the molecule is CO[C@H]1C[C@@H]2CC[C@@H](C)[C@@](O)(O2)C(=O)C(=O)N2CCC[C@H]2C(=O)O[C@H]([C@H](C)C[C@@H]2CC[C@@H](O[Si](C)(C)C)[C@H](OC)C2)CC(=O)[C@H](C)/C=C(\C)[C@@H](O[Si](C)(C)C)[C@@H](OC)C(=O)[C@H](C)C[C@H](C)/C=C/C=C/C=C/1C. The molecule has 15 atom stereocenters. The molecule has 4 rings (SSSR count). The molecule has 0 unspecified atom stereocenters. The molecule has 1 amide bonds. The number of ether oxygens (including phenoxy) is 5. The molecule has 1 N–H and O–H groups in total. The Labute approximate surface area is 434 Å². The number of fused-ring (bicyclic) bond motifs is 3. The van der Waals surface area contributed by atoms with Gasteiger partial charge in [0.25, 0.3) is 11.7 Å². The highest BCUT2D eigenvalue weighted by atomic mass is 28.4. The fourth-order valence-electron chi connectivity index (χ4n) is 11.0. The minimum atomic E-state index is -2.41. The topological polar surface area (TPSA) is 173 Å². The van der Waals surface area contributed by atoms with E-state index in [1.54, 1.807) is 28.1 Å². The van der Waals surface area contributed by atoms with Gasteiger partial charge < -0.3 is 42.5 Å². The predicted molar refractivity (Wildman–Crippen MR) is 285 cm³/mol. The monoisotopic (exact) mass is 1040 g/mol. The molecule has 72 heavy (non-hydrogen) atoms. The second-order valence-electron chi connectivity index (χ2n) is 23.6. The maximum atomic E-state index is 14.5. The van der Waals surface area contributed by atoms with Gasteiger partial charge in [0.1, 0.15) is 24.0 Å². The zero-order valence-corrected chi connectivity index (χ0v) is 48.8. The maximum absolute atomic E-state index is 14.5. The summed E-state index contributed by atoms with van der Waals surface area (Å²) >= 11 is 0. The van der Waals surface area contributed by atoms with E-state index in [0.717, 1.165) is 24.8 Å². The molecule has 14 nitrogen and oxygen atoms in total. The number of carbonyl (C=O) groups is 5. The Morgan fingerprint density at radius 2 is 1.46 bits per heavy atom. The first-order valence-electron chi connectivity index (χ1n) is 26.8. The van der Waals surface area contributed by atoms with Gasteiger partial charge in [-0.05, 0) is 140 Å². The van der Waals surface area contributed by atoms with Crippen molar-refractivity contribution in [1.82, 2.24) is 4.90 Å². The summed E-state index contributed by atoms with van der Waals surface area (Å²) in [5.74, 6) is -7.20. The lowest BCUT2D eigenvalue weighted by Gasteiger charge is -2.41. The Kier molecular flexibility index (Phi) is 23.3. The first-order chi connectivity index (χ1) is 33.6. The Bertz CT molecular complexity index is 1970. The lowest BCUT2D eigenvalue weighted by molar-refractivity contribution is -0.265. The summed E-state index contributed by atoms with van der Waals surface area (Å²) in [6.07, 6.45) is 13.6. The van der Waals surface area contributed by atoms with E-state index in [1.165, 1.54) is 12.0 Å². The summed E-state index contributed by atoms with van der Waals surface area (Å²) in [5, 5.41) is 12.0. The summed E-state index contributed by atoms with van der Waals surface area (Å²) < 4.78 is 43.7. The number of nitrogens with zero attached hydrogens (tertiary/aromatic N) is 1. The summed E-state index contributed by atoms with van der Waals surface area (Å²) in [6, 6.07) is -1.10. The van der Waals surface area contributed by atoms with Crippen LogP contribution >= 0.6 is 0 Å². The minimum absolute atomic E-state index is 0.00439. The molecule has 1 saturated carbocycles. The van der Waals surface area contributed by atoms with E-state index in [2.05, 4.69) is 52.3 Å². The Morgan fingerprint density at radius 3 is 2.08 bits per heavy atom. The van der Waals surface area contributed by atoms with Gasteiger partial charge in [0, 0.05) is 58.5 Å². The van der Waals surface area contributed by atoms with Gasteiger partial charge in [-0.3, -0.25) is 19.2 Å². The second kappa shape index (κ2) is 27.2. The van der Waals surface area contributed by atoms with E-state index in [9.17, 15) is 29.1 Å². The molecule has 0 aromatic rings. The van der Waals surface area contributed by atoms with Gasteiger partial charge in [0.2, 0.25) is 5.79 Å². The first kappa shape index (κ1) is 61.6. The molecular formula is C56H93NO13Si2. The molecule has 2 bridgehead atoms. The third-order valence-electron chi connectivity index (χ3n) is 15.2. The normalized spacial score (nSPS) is 38.0. The number of ketones is 3. The van der Waals surface area contributed by atoms with Crippen molar-refractivity contribution in [3.8, 4) is 0 Å². The van der Waals surface area contributed by atoms with Crippen LogP contribution in [0.3, 0.4) is 0 Å². The van der Waals surface area contributed by atoms with Gasteiger partial charge in [-0.15, -0.1) is 0 Å². The highest BCUT2D eigenvalue weighted by molar-refractivity contribution is 6.70. The molecule has 408 valence electrons. The highest BCUT2D eigenvalue weighted by Crippen LogP contribution is 2.39. The average Bonchev–Trinajstić information content (AvgIpc) is 3.80. The van der Waals surface area contributed by atoms with Gasteiger partial charge in [0.05, 0.1) is 30.5 Å². The minimum Gasteiger partial charge on any atom is -0.460 e. The van der Waals surface area contributed by atoms with Crippen molar-refractivity contribution in [3.63, 3.8) is 0 Å². The zero-order valence-electron chi connectivity index (χ0n) is 46.8. The Morgan fingerprint density at radius 1 is 0.778 bits per heavy atom. The van der Waals surface area contributed by atoms with Crippen LogP contribution in [0.2, 0.25) is 39.3 Å². The molecule has 2 saturated heterocycles. The van der Waals surface area contributed by atoms with Crippen LogP contribution in [0.25, 0.3) is 0 Å². The lowest BCUT2D eigenvalue weighted by Crippen LogP contribution is -2.59. The van der Waals surface area contributed by atoms with Crippen molar-refractivity contribution in [2.75, 3.05) is 27.9 Å². The summed E-state index contributed by atoms with van der Waals surface area (Å²) in [5.41, 5.74) is 1.60. The highest BCUT2D eigenvalue weighted by Gasteiger charge is 2.53. The standard InChI is InChI=1S/C56H93NO13Si2/c1-35-21-18-17-19-22-36(2)47(64-8)33-43-26-24-41(7)56(63,68-43)53(60)54(61)57-28-20-23-44(57)55(62)67-48(38(4)31-42-25-27-46(49(32-42)65-9)69-71(11,12)13)34-45(58)37(3)30-40(6)51(70-72(14,15)16)52(66-10)50(59)39(5)29-35/h17-19,21-22,30,35,37-39,41-44,46-49,51-52,63H,20,23-29,31-34H2,1-16H3/b19-17+,21-18+,36-22+,40-30+/t35-,37-,38-,39-,41-,42+,43+,44+,46-,47+,48+,49-,51-,52+,56-/m1/s1. The number of cyclic esters (lactones) is 1. The zero-order chi connectivity index (χ0) is 53.9. The third-order valence-corrected chi connectivity index (χ3v) is 17.1. The molecule has 1 aliphatic carbocycles. The van der Waals surface area contributed by atoms with Gasteiger partial charge in [-0.2, -0.15) is 0 Å². The van der Waals surface area contributed by atoms with Crippen LogP contribution in [0.1, 0.15) is 119 Å². The first-order valence-corrected chi connectivity index (χ1v) is 33.6.